The summed E-state index contributed by atoms with van der Waals surface area (Å²) in [5.41, 5.74) is 3.46. The first-order valence-corrected chi connectivity index (χ1v) is 4.51. The zero-order chi connectivity index (χ0) is 9.68. The summed E-state index contributed by atoms with van der Waals surface area (Å²) in [7, 11) is 0. The van der Waals surface area contributed by atoms with Crippen LogP contribution in [0.2, 0.25) is 5.02 Å². The van der Waals surface area contributed by atoms with Gasteiger partial charge in [-0.1, -0.05) is 17.7 Å². The molecule has 0 fully saturated rings. The minimum absolute atomic E-state index is 0.509. The van der Waals surface area contributed by atoms with E-state index in [1.54, 1.807) is 0 Å². The van der Waals surface area contributed by atoms with E-state index in [1.165, 1.54) is 0 Å². The molecule has 0 aliphatic rings. The lowest BCUT2D eigenvalue weighted by Crippen LogP contribution is -2.21. The third-order valence-electron chi connectivity index (χ3n) is 1.65. The zero-order valence-electron chi connectivity index (χ0n) is 7.51. The highest BCUT2D eigenvalue weighted by Crippen LogP contribution is 2.25. The molecule has 0 saturated carbocycles. The Balaban J connectivity index is 2.95. The van der Waals surface area contributed by atoms with Crippen LogP contribution in [-0.2, 0) is 6.54 Å². The van der Waals surface area contributed by atoms with Crippen LogP contribution in [-0.4, -0.2) is 6.61 Å². The first-order valence-electron chi connectivity index (χ1n) is 4.13. The highest BCUT2D eigenvalue weighted by molar-refractivity contribution is 6.31. The van der Waals surface area contributed by atoms with Gasteiger partial charge in [-0.15, -0.1) is 0 Å². The SMILES string of the molecule is CCOc1cccc(Cl)c1CNN. The number of hydrogen-bond acceptors (Lipinski definition) is 3. The Bertz CT molecular complexity index is 278. The maximum atomic E-state index is 5.97. The second kappa shape index (κ2) is 5.07. The standard InChI is InChI=1S/C9H13ClN2O/c1-2-13-9-5-3-4-8(10)7(9)6-12-11/h3-5,12H,2,6,11H2,1H3. The van der Waals surface area contributed by atoms with Gasteiger partial charge >= 0.3 is 0 Å². The predicted octanol–water partition coefficient (Wildman–Crippen LogP) is 1.70. The maximum Gasteiger partial charge on any atom is 0.125 e. The summed E-state index contributed by atoms with van der Waals surface area (Å²) in [5, 5.41) is 0.670. The van der Waals surface area contributed by atoms with Crippen LogP contribution >= 0.6 is 11.6 Å². The molecule has 0 amide bonds. The summed E-state index contributed by atoms with van der Waals surface area (Å²) < 4.78 is 5.39. The number of halogens is 1. The van der Waals surface area contributed by atoms with Crippen LogP contribution in [0.4, 0.5) is 0 Å². The number of ether oxygens (including phenoxy) is 1. The molecular weight excluding hydrogens is 188 g/mol. The summed E-state index contributed by atoms with van der Waals surface area (Å²) in [6.07, 6.45) is 0. The normalized spacial score (nSPS) is 10.1. The van der Waals surface area contributed by atoms with E-state index in [0.717, 1.165) is 11.3 Å². The maximum absolute atomic E-state index is 5.97. The largest absolute Gasteiger partial charge is 0.493 e. The molecule has 13 heavy (non-hydrogen) atoms. The van der Waals surface area contributed by atoms with Gasteiger partial charge < -0.3 is 4.74 Å². The zero-order valence-corrected chi connectivity index (χ0v) is 8.27. The Labute approximate surface area is 82.8 Å². The Morgan fingerprint density at radius 2 is 2.31 bits per heavy atom. The van der Waals surface area contributed by atoms with Crippen molar-refractivity contribution in [1.82, 2.24) is 5.43 Å². The number of nitrogens with one attached hydrogen (secondary N) is 1. The van der Waals surface area contributed by atoms with E-state index < -0.39 is 0 Å². The van der Waals surface area contributed by atoms with Crippen LogP contribution in [0.25, 0.3) is 0 Å². The van der Waals surface area contributed by atoms with Gasteiger partial charge in [0.1, 0.15) is 5.75 Å². The van der Waals surface area contributed by atoms with Gasteiger partial charge in [-0.2, -0.15) is 0 Å². The average Bonchev–Trinajstić information content (AvgIpc) is 2.11. The summed E-state index contributed by atoms with van der Waals surface area (Å²) in [5.74, 6) is 6.02. The summed E-state index contributed by atoms with van der Waals surface area (Å²) in [6, 6.07) is 5.55. The fourth-order valence-electron chi connectivity index (χ4n) is 1.10. The Morgan fingerprint density at radius 1 is 1.54 bits per heavy atom. The van der Waals surface area contributed by atoms with Gasteiger partial charge in [-0.3, -0.25) is 11.3 Å². The Morgan fingerprint density at radius 3 is 2.92 bits per heavy atom. The van der Waals surface area contributed by atoms with Crippen LogP contribution < -0.4 is 16.0 Å². The first-order chi connectivity index (χ1) is 6.29. The van der Waals surface area contributed by atoms with E-state index in [9.17, 15) is 0 Å². The van der Waals surface area contributed by atoms with Gasteiger partial charge in [0.25, 0.3) is 0 Å². The molecule has 0 bridgehead atoms. The number of rotatable bonds is 4. The molecule has 0 saturated heterocycles. The van der Waals surface area contributed by atoms with Crippen molar-refractivity contribution in [2.45, 2.75) is 13.5 Å². The lowest BCUT2D eigenvalue weighted by atomic mass is 10.2. The third-order valence-corrected chi connectivity index (χ3v) is 2.01. The molecule has 4 heteroatoms. The van der Waals surface area contributed by atoms with Crippen molar-refractivity contribution in [2.75, 3.05) is 6.61 Å². The fraction of sp³-hybridized carbons (Fsp3) is 0.333. The molecule has 0 atom stereocenters. The highest BCUT2D eigenvalue weighted by atomic mass is 35.5. The average molecular weight is 201 g/mol. The van der Waals surface area contributed by atoms with E-state index in [2.05, 4.69) is 5.43 Å². The molecule has 1 aromatic rings. The molecule has 1 rings (SSSR count). The van der Waals surface area contributed by atoms with Crippen LogP contribution in [0.15, 0.2) is 18.2 Å². The molecule has 3 nitrogen and oxygen atoms in total. The molecule has 0 aliphatic heterocycles. The van der Waals surface area contributed by atoms with Gasteiger partial charge in [0.05, 0.1) is 6.61 Å². The van der Waals surface area contributed by atoms with Crippen molar-refractivity contribution in [3.05, 3.63) is 28.8 Å². The van der Waals surface area contributed by atoms with Gasteiger partial charge in [-0.25, -0.2) is 0 Å². The van der Waals surface area contributed by atoms with Crippen LogP contribution in [0.5, 0.6) is 5.75 Å². The number of nitrogens with two attached hydrogens (primary N) is 1. The van der Waals surface area contributed by atoms with Crippen molar-refractivity contribution >= 4 is 11.6 Å². The molecule has 0 aromatic heterocycles. The molecule has 0 aliphatic carbocycles. The van der Waals surface area contributed by atoms with E-state index in [0.29, 0.717) is 18.2 Å². The minimum Gasteiger partial charge on any atom is -0.493 e. The van der Waals surface area contributed by atoms with Crippen molar-refractivity contribution in [1.29, 1.82) is 0 Å². The molecule has 0 spiro atoms. The monoisotopic (exact) mass is 200 g/mol. The molecule has 0 radical (unpaired) electrons. The smallest absolute Gasteiger partial charge is 0.125 e. The van der Waals surface area contributed by atoms with E-state index >= 15 is 0 Å². The number of hydrogen-bond donors (Lipinski definition) is 2. The molecule has 0 unspecified atom stereocenters. The van der Waals surface area contributed by atoms with Crippen molar-refractivity contribution in [3.63, 3.8) is 0 Å². The third kappa shape index (κ3) is 2.59. The fourth-order valence-corrected chi connectivity index (χ4v) is 1.34. The highest BCUT2D eigenvalue weighted by Gasteiger charge is 2.06. The summed E-state index contributed by atoms with van der Waals surface area (Å²) >= 11 is 5.97. The van der Waals surface area contributed by atoms with Crippen LogP contribution in [0.1, 0.15) is 12.5 Å². The van der Waals surface area contributed by atoms with Gasteiger partial charge in [0, 0.05) is 17.1 Å². The minimum atomic E-state index is 0.509. The second-order valence-electron chi connectivity index (χ2n) is 2.53. The Hall–Kier alpha value is -0.770. The van der Waals surface area contributed by atoms with E-state index in [-0.39, 0.29) is 0 Å². The predicted molar refractivity (Wildman–Crippen MR) is 53.6 cm³/mol. The molecule has 3 N–H and O–H groups in total. The van der Waals surface area contributed by atoms with Crippen LogP contribution in [0, 0.1) is 0 Å². The second-order valence-corrected chi connectivity index (χ2v) is 2.94. The van der Waals surface area contributed by atoms with Crippen molar-refractivity contribution in [2.24, 2.45) is 5.84 Å². The quantitative estimate of drug-likeness (QED) is 0.575. The van der Waals surface area contributed by atoms with Crippen molar-refractivity contribution in [3.8, 4) is 5.75 Å². The number of benzene rings is 1. The van der Waals surface area contributed by atoms with Crippen LogP contribution in [0.3, 0.4) is 0 Å². The molecular formula is C9H13ClN2O. The number of hydrazine groups is 1. The lowest BCUT2D eigenvalue weighted by Gasteiger charge is -2.10. The molecule has 1 aromatic carbocycles. The first kappa shape index (κ1) is 10.3. The van der Waals surface area contributed by atoms with E-state index in [1.807, 2.05) is 25.1 Å². The summed E-state index contributed by atoms with van der Waals surface area (Å²) in [6.45, 7) is 3.06. The molecule has 0 heterocycles. The van der Waals surface area contributed by atoms with Gasteiger partial charge in [-0.05, 0) is 19.1 Å². The molecule has 72 valence electrons. The Kier molecular flexibility index (Phi) is 4.02. The topological polar surface area (TPSA) is 47.3 Å². The van der Waals surface area contributed by atoms with Gasteiger partial charge in [0.2, 0.25) is 0 Å². The van der Waals surface area contributed by atoms with Crippen molar-refractivity contribution < 1.29 is 4.74 Å². The lowest BCUT2D eigenvalue weighted by molar-refractivity contribution is 0.335. The van der Waals surface area contributed by atoms with E-state index in [4.69, 9.17) is 22.2 Å². The summed E-state index contributed by atoms with van der Waals surface area (Å²) in [4.78, 5) is 0. The van der Waals surface area contributed by atoms with Gasteiger partial charge in [0.15, 0.2) is 0 Å².